The van der Waals surface area contributed by atoms with Gasteiger partial charge in [-0.3, -0.25) is 4.79 Å². The summed E-state index contributed by atoms with van der Waals surface area (Å²) < 4.78 is 40.8. The summed E-state index contributed by atoms with van der Waals surface area (Å²) in [6.45, 7) is 4.20. The molecular formula is C12H22F3NO2. The van der Waals surface area contributed by atoms with Crippen LogP contribution in [0.3, 0.4) is 0 Å². The van der Waals surface area contributed by atoms with Crippen molar-refractivity contribution < 1.29 is 22.7 Å². The van der Waals surface area contributed by atoms with E-state index in [2.05, 4.69) is 5.32 Å². The zero-order valence-electron chi connectivity index (χ0n) is 11.0. The van der Waals surface area contributed by atoms with Crippen LogP contribution in [0.5, 0.6) is 0 Å². The highest BCUT2D eigenvalue weighted by molar-refractivity contribution is 5.69. The average Bonchev–Trinajstić information content (AvgIpc) is 2.21. The Bertz CT molecular complexity index is 232. The molecule has 18 heavy (non-hydrogen) atoms. The molecule has 108 valence electrons. The van der Waals surface area contributed by atoms with Crippen LogP contribution >= 0.6 is 0 Å². The van der Waals surface area contributed by atoms with Gasteiger partial charge in [-0.15, -0.1) is 0 Å². The number of carbonyl (C=O) groups excluding carboxylic acids is 1. The lowest BCUT2D eigenvalue weighted by Gasteiger charge is -2.15. The lowest BCUT2D eigenvalue weighted by molar-refractivity contribution is -0.143. The highest BCUT2D eigenvalue weighted by Crippen LogP contribution is 2.21. The molecule has 0 aromatic rings. The SMILES string of the molecule is CCOC(=O)CCCCCNC(C)CC(F)(F)F. The van der Waals surface area contributed by atoms with E-state index in [1.54, 1.807) is 6.92 Å². The fraction of sp³-hybridized carbons (Fsp3) is 0.917. The standard InChI is InChI=1S/C12H22F3NO2/c1-3-18-11(17)7-5-4-6-8-16-10(2)9-12(13,14)15/h10,16H,3-9H2,1-2H3. The molecule has 6 heteroatoms. The first-order chi connectivity index (χ1) is 8.35. The van der Waals surface area contributed by atoms with Crippen LogP contribution in [0, 0.1) is 0 Å². The molecule has 0 rings (SSSR count). The van der Waals surface area contributed by atoms with Gasteiger partial charge in [-0.25, -0.2) is 0 Å². The van der Waals surface area contributed by atoms with Gasteiger partial charge in [0.15, 0.2) is 0 Å². The largest absolute Gasteiger partial charge is 0.466 e. The second kappa shape index (κ2) is 9.19. The van der Waals surface area contributed by atoms with Crippen LogP contribution in [-0.4, -0.2) is 31.3 Å². The zero-order chi connectivity index (χ0) is 14.0. The predicted octanol–water partition coefficient (Wildman–Crippen LogP) is 3.04. The highest BCUT2D eigenvalue weighted by Gasteiger charge is 2.29. The summed E-state index contributed by atoms with van der Waals surface area (Å²) in [6, 6.07) is -0.560. The van der Waals surface area contributed by atoms with E-state index in [4.69, 9.17) is 4.74 Å². The summed E-state index contributed by atoms with van der Waals surface area (Å²) in [5.41, 5.74) is 0. The van der Waals surface area contributed by atoms with Crippen LogP contribution < -0.4 is 5.32 Å². The third-order valence-electron chi connectivity index (χ3n) is 2.39. The number of nitrogens with one attached hydrogen (secondary N) is 1. The number of unbranched alkanes of at least 4 members (excludes halogenated alkanes) is 2. The number of esters is 1. The van der Waals surface area contributed by atoms with Crippen molar-refractivity contribution in [1.29, 1.82) is 0 Å². The molecule has 3 nitrogen and oxygen atoms in total. The van der Waals surface area contributed by atoms with Gasteiger partial charge in [0.1, 0.15) is 0 Å². The normalized spacial score (nSPS) is 13.4. The highest BCUT2D eigenvalue weighted by atomic mass is 19.4. The second-order valence-corrected chi connectivity index (χ2v) is 4.29. The first-order valence-electron chi connectivity index (χ1n) is 6.31. The van der Waals surface area contributed by atoms with Gasteiger partial charge < -0.3 is 10.1 Å². The van der Waals surface area contributed by atoms with Crippen molar-refractivity contribution in [3.05, 3.63) is 0 Å². The molecule has 0 heterocycles. The smallest absolute Gasteiger partial charge is 0.390 e. The summed E-state index contributed by atoms with van der Waals surface area (Å²) >= 11 is 0. The van der Waals surface area contributed by atoms with Gasteiger partial charge in [0.2, 0.25) is 0 Å². The van der Waals surface area contributed by atoms with Gasteiger partial charge in [0.05, 0.1) is 13.0 Å². The molecular weight excluding hydrogens is 247 g/mol. The maximum Gasteiger partial charge on any atom is 0.390 e. The quantitative estimate of drug-likeness (QED) is 0.516. The minimum atomic E-state index is -4.11. The monoisotopic (exact) mass is 269 g/mol. The number of carbonyl (C=O) groups is 1. The molecule has 0 fully saturated rings. The number of rotatable bonds is 9. The minimum Gasteiger partial charge on any atom is -0.466 e. The van der Waals surface area contributed by atoms with E-state index in [-0.39, 0.29) is 5.97 Å². The van der Waals surface area contributed by atoms with Crippen molar-refractivity contribution in [2.45, 2.75) is 58.2 Å². The minimum absolute atomic E-state index is 0.212. The molecule has 0 saturated carbocycles. The predicted molar refractivity (Wildman–Crippen MR) is 63.2 cm³/mol. The first-order valence-corrected chi connectivity index (χ1v) is 6.31. The fourth-order valence-electron chi connectivity index (χ4n) is 1.57. The van der Waals surface area contributed by atoms with Crippen molar-refractivity contribution in [2.24, 2.45) is 0 Å². The van der Waals surface area contributed by atoms with Crippen molar-refractivity contribution >= 4 is 5.97 Å². The maximum absolute atomic E-state index is 12.0. The number of halogens is 3. The van der Waals surface area contributed by atoms with E-state index < -0.39 is 18.6 Å². The van der Waals surface area contributed by atoms with Crippen LogP contribution in [0.2, 0.25) is 0 Å². The summed E-state index contributed by atoms with van der Waals surface area (Å²) in [5, 5.41) is 2.82. The van der Waals surface area contributed by atoms with Crippen molar-refractivity contribution in [3.63, 3.8) is 0 Å². The lowest BCUT2D eigenvalue weighted by Crippen LogP contribution is -2.31. The molecule has 0 aliphatic rings. The topological polar surface area (TPSA) is 38.3 Å². The average molecular weight is 269 g/mol. The Morgan fingerprint density at radius 2 is 1.94 bits per heavy atom. The molecule has 0 bridgehead atoms. The fourth-order valence-corrected chi connectivity index (χ4v) is 1.57. The van der Waals surface area contributed by atoms with E-state index in [0.717, 1.165) is 12.8 Å². The molecule has 1 N–H and O–H groups in total. The van der Waals surface area contributed by atoms with E-state index in [9.17, 15) is 18.0 Å². The van der Waals surface area contributed by atoms with Crippen LogP contribution in [-0.2, 0) is 9.53 Å². The first kappa shape index (κ1) is 17.2. The Hall–Kier alpha value is -0.780. The summed E-state index contributed by atoms with van der Waals surface area (Å²) in [6.07, 6.45) is -2.25. The summed E-state index contributed by atoms with van der Waals surface area (Å²) in [7, 11) is 0. The molecule has 0 aliphatic heterocycles. The Morgan fingerprint density at radius 3 is 2.50 bits per heavy atom. The Kier molecular flexibility index (Phi) is 8.79. The molecule has 0 aromatic heterocycles. The van der Waals surface area contributed by atoms with Gasteiger partial charge in [-0.05, 0) is 33.2 Å². The molecule has 0 spiro atoms. The van der Waals surface area contributed by atoms with E-state index in [1.807, 2.05) is 0 Å². The molecule has 0 aliphatic carbocycles. The number of alkyl halides is 3. The molecule has 0 saturated heterocycles. The van der Waals surface area contributed by atoms with Crippen molar-refractivity contribution in [1.82, 2.24) is 5.32 Å². The number of ether oxygens (including phenoxy) is 1. The van der Waals surface area contributed by atoms with Gasteiger partial charge >= 0.3 is 12.1 Å². The molecule has 0 aromatic carbocycles. The summed E-state index contributed by atoms with van der Waals surface area (Å²) in [5.74, 6) is -0.212. The Labute approximate surface area is 106 Å². The van der Waals surface area contributed by atoms with Crippen molar-refractivity contribution in [3.8, 4) is 0 Å². The van der Waals surface area contributed by atoms with E-state index in [1.165, 1.54) is 6.92 Å². The van der Waals surface area contributed by atoms with Crippen LogP contribution in [0.25, 0.3) is 0 Å². The van der Waals surface area contributed by atoms with Gasteiger partial charge in [-0.2, -0.15) is 13.2 Å². The third-order valence-corrected chi connectivity index (χ3v) is 2.39. The van der Waals surface area contributed by atoms with Gasteiger partial charge in [-0.1, -0.05) is 6.42 Å². The Balaban J connectivity index is 3.38. The number of hydrogen-bond donors (Lipinski definition) is 1. The van der Waals surface area contributed by atoms with E-state index >= 15 is 0 Å². The Morgan fingerprint density at radius 1 is 1.28 bits per heavy atom. The second-order valence-electron chi connectivity index (χ2n) is 4.29. The molecule has 0 radical (unpaired) electrons. The summed E-state index contributed by atoms with van der Waals surface area (Å²) in [4.78, 5) is 11.0. The lowest BCUT2D eigenvalue weighted by atomic mass is 10.2. The van der Waals surface area contributed by atoms with Crippen LogP contribution in [0.4, 0.5) is 13.2 Å². The molecule has 1 atom stereocenters. The van der Waals surface area contributed by atoms with Crippen molar-refractivity contribution in [2.75, 3.05) is 13.2 Å². The third kappa shape index (κ3) is 11.7. The van der Waals surface area contributed by atoms with Crippen LogP contribution in [0.15, 0.2) is 0 Å². The zero-order valence-corrected chi connectivity index (χ0v) is 11.0. The van der Waals surface area contributed by atoms with Crippen LogP contribution in [0.1, 0.15) is 46.0 Å². The maximum atomic E-state index is 12.0. The molecule has 0 amide bonds. The van der Waals surface area contributed by atoms with Gasteiger partial charge in [0.25, 0.3) is 0 Å². The van der Waals surface area contributed by atoms with Gasteiger partial charge in [0, 0.05) is 12.5 Å². The van der Waals surface area contributed by atoms with E-state index in [0.29, 0.717) is 26.0 Å². The number of hydrogen-bond acceptors (Lipinski definition) is 3. The molecule has 1 unspecified atom stereocenters.